The van der Waals surface area contributed by atoms with E-state index < -0.39 is 5.91 Å². The summed E-state index contributed by atoms with van der Waals surface area (Å²) in [6.07, 6.45) is 2.80. The molecule has 0 spiro atoms. The first-order chi connectivity index (χ1) is 13.3. The van der Waals surface area contributed by atoms with Gasteiger partial charge in [-0.25, -0.2) is 0 Å². The number of ether oxygens (including phenoxy) is 1. The number of rotatable bonds is 6. The Hall–Kier alpha value is -1.48. The SMILES string of the molecule is CC1CN(CC2CCN(C(C)C(=O)Nc3sccc3C(N)=O)CC2)CC(C)O1. The summed E-state index contributed by atoms with van der Waals surface area (Å²) in [5.41, 5.74) is 5.73. The summed E-state index contributed by atoms with van der Waals surface area (Å²) in [5, 5.41) is 5.17. The lowest BCUT2D eigenvalue weighted by Gasteiger charge is -2.40. The molecule has 3 rings (SSSR count). The number of nitrogens with two attached hydrogens (primary N) is 1. The molecule has 3 atom stereocenters. The van der Waals surface area contributed by atoms with Gasteiger partial charge in [0.05, 0.1) is 23.8 Å². The lowest BCUT2D eigenvalue weighted by molar-refractivity contribution is -0.121. The number of morpholine rings is 1. The van der Waals surface area contributed by atoms with E-state index in [0.717, 1.165) is 45.6 Å². The van der Waals surface area contributed by atoms with Crippen LogP contribution in [0, 0.1) is 5.92 Å². The van der Waals surface area contributed by atoms with Gasteiger partial charge in [-0.15, -0.1) is 11.3 Å². The second-order valence-corrected chi connectivity index (χ2v) is 9.06. The van der Waals surface area contributed by atoms with Crippen LogP contribution in [0.5, 0.6) is 0 Å². The van der Waals surface area contributed by atoms with Gasteiger partial charge in [0.1, 0.15) is 5.00 Å². The zero-order valence-corrected chi connectivity index (χ0v) is 17.8. The van der Waals surface area contributed by atoms with Crippen LogP contribution in [0.25, 0.3) is 0 Å². The third-order valence-electron chi connectivity index (χ3n) is 5.76. The molecule has 8 heteroatoms. The fraction of sp³-hybridized carbons (Fsp3) is 0.700. The summed E-state index contributed by atoms with van der Waals surface area (Å²) in [6, 6.07) is 1.42. The van der Waals surface area contributed by atoms with E-state index in [0.29, 0.717) is 28.7 Å². The molecular formula is C20H32N4O3S. The molecule has 0 radical (unpaired) electrons. The van der Waals surface area contributed by atoms with Crippen molar-refractivity contribution in [2.45, 2.75) is 51.9 Å². The Morgan fingerprint density at radius 3 is 2.54 bits per heavy atom. The number of piperidine rings is 1. The molecule has 2 saturated heterocycles. The van der Waals surface area contributed by atoms with Crippen LogP contribution in [0.15, 0.2) is 11.4 Å². The standard InChI is InChI=1S/C20H32N4O3S/c1-13-10-23(11-14(2)27-13)12-16-4-7-24(8-5-16)15(3)19(26)22-20-17(18(21)25)6-9-28-20/h6,9,13-16H,4-5,7-8,10-12H2,1-3H3,(H2,21,25)(H,22,26). The molecule has 1 aromatic rings. The van der Waals surface area contributed by atoms with E-state index in [1.807, 2.05) is 6.92 Å². The molecule has 3 heterocycles. The van der Waals surface area contributed by atoms with Gasteiger partial charge in [0, 0.05) is 19.6 Å². The minimum absolute atomic E-state index is 0.0840. The molecule has 0 saturated carbocycles. The highest BCUT2D eigenvalue weighted by molar-refractivity contribution is 7.14. The Balaban J connectivity index is 1.46. The maximum Gasteiger partial charge on any atom is 0.251 e. The van der Waals surface area contributed by atoms with Crippen LogP contribution in [0.2, 0.25) is 0 Å². The molecule has 2 fully saturated rings. The summed E-state index contributed by atoms with van der Waals surface area (Å²) >= 11 is 1.32. The van der Waals surface area contributed by atoms with Crippen molar-refractivity contribution in [2.24, 2.45) is 11.7 Å². The molecule has 0 aliphatic carbocycles. The van der Waals surface area contributed by atoms with Gasteiger partial charge in [-0.2, -0.15) is 0 Å². The molecule has 3 N–H and O–H groups in total. The van der Waals surface area contributed by atoms with Gasteiger partial charge in [0.15, 0.2) is 0 Å². The predicted octanol–water partition coefficient (Wildman–Crippen LogP) is 2.00. The van der Waals surface area contributed by atoms with Crippen molar-refractivity contribution in [1.82, 2.24) is 9.80 Å². The third kappa shape index (κ3) is 5.31. The summed E-state index contributed by atoms with van der Waals surface area (Å²) in [4.78, 5) is 28.8. The maximum absolute atomic E-state index is 12.6. The predicted molar refractivity (Wildman–Crippen MR) is 112 cm³/mol. The zero-order valence-electron chi connectivity index (χ0n) is 17.0. The molecule has 156 valence electrons. The number of anilines is 1. The van der Waals surface area contributed by atoms with Crippen LogP contribution >= 0.6 is 11.3 Å². The van der Waals surface area contributed by atoms with Crippen molar-refractivity contribution < 1.29 is 14.3 Å². The number of nitrogens with one attached hydrogen (secondary N) is 1. The first kappa shape index (κ1) is 21.2. The van der Waals surface area contributed by atoms with Crippen molar-refractivity contribution in [1.29, 1.82) is 0 Å². The van der Waals surface area contributed by atoms with Crippen LogP contribution < -0.4 is 11.1 Å². The van der Waals surface area contributed by atoms with E-state index in [9.17, 15) is 9.59 Å². The largest absolute Gasteiger partial charge is 0.373 e. The van der Waals surface area contributed by atoms with Gasteiger partial charge < -0.3 is 15.8 Å². The van der Waals surface area contributed by atoms with Crippen molar-refractivity contribution >= 4 is 28.2 Å². The van der Waals surface area contributed by atoms with Crippen LogP contribution in [0.3, 0.4) is 0 Å². The topological polar surface area (TPSA) is 87.9 Å². The smallest absolute Gasteiger partial charge is 0.251 e. The number of hydrogen-bond acceptors (Lipinski definition) is 6. The van der Waals surface area contributed by atoms with Gasteiger partial charge in [0.2, 0.25) is 5.91 Å². The summed E-state index contributed by atoms with van der Waals surface area (Å²) in [5.74, 6) is 0.0683. The average molecular weight is 409 g/mol. The van der Waals surface area contributed by atoms with Gasteiger partial charge in [-0.3, -0.25) is 19.4 Å². The van der Waals surface area contributed by atoms with Gasteiger partial charge in [0.25, 0.3) is 5.91 Å². The van der Waals surface area contributed by atoms with Gasteiger partial charge >= 0.3 is 0 Å². The molecule has 2 aliphatic rings. The minimum atomic E-state index is -0.517. The van der Waals surface area contributed by atoms with E-state index in [1.165, 1.54) is 11.3 Å². The first-order valence-corrected chi connectivity index (χ1v) is 11.0. The van der Waals surface area contributed by atoms with E-state index in [-0.39, 0.29) is 11.9 Å². The van der Waals surface area contributed by atoms with Crippen molar-refractivity contribution in [3.63, 3.8) is 0 Å². The fourth-order valence-corrected chi connectivity index (χ4v) is 5.10. The lowest BCUT2D eigenvalue weighted by Crippen LogP contribution is -2.50. The number of amides is 2. The molecule has 2 aliphatic heterocycles. The van der Waals surface area contributed by atoms with E-state index in [1.54, 1.807) is 11.4 Å². The highest BCUT2D eigenvalue weighted by atomic mass is 32.1. The number of likely N-dealkylation sites (tertiary alicyclic amines) is 1. The number of thiophene rings is 1. The summed E-state index contributed by atoms with van der Waals surface area (Å²) < 4.78 is 5.82. The van der Waals surface area contributed by atoms with Crippen molar-refractivity contribution in [3.8, 4) is 0 Å². The van der Waals surface area contributed by atoms with Crippen LogP contribution in [0.1, 0.15) is 44.0 Å². The molecule has 28 heavy (non-hydrogen) atoms. The molecular weight excluding hydrogens is 376 g/mol. The number of primary amides is 1. The monoisotopic (exact) mass is 408 g/mol. The number of carbonyl (C=O) groups excluding carboxylic acids is 2. The van der Waals surface area contributed by atoms with Crippen LogP contribution in [0.4, 0.5) is 5.00 Å². The minimum Gasteiger partial charge on any atom is -0.373 e. The zero-order chi connectivity index (χ0) is 20.3. The first-order valence-electron chi connectivity index (χ1n) is 10.1. The molecule has 7 nitrogen and oxygen atoms in total. The number of carbonyl (C=O) groups is 2. The van der Waals surface area contributed by atoms with Crippen LogP contribution in [-0.4, -0.2) is 72.6 Å². The normalized spacial score (nSPS) is 26.1. The fourth-order valence-electron chi connectivity index (χ4n) is 4.30. The Bertz CT molecular complexity index is 677. The number of hydrogen-bond donors (Lipinski definition) is 2. The van der Waals surface area contributed by atoms with Crippen molar-refractivity contribution in [2.75, 3.05) is 38.0 Å². The van der Waals surface area contributed by atoms with E-state index in [4.69, 9.17) is 10.5 Å². The number of nitrogens with zero attached hydrogens (tertiary/aromatic N) is 2. The Morgan fingerprint density at radius 2 is 1.93 bits per heavy atom. The Labute approximate surface area is 171 Å². The van der Waals surface area contributed by atoms with Gasteiger partial charge in [-0.1, -0.05) is 0 Å². The Kier molecular flexibility index (Phi) is 7.09. The third-order valence-corrected chi connectivity index (χ3v) is 6.59. The summed E-state index contributed by atoms with van der Waals surface area (Å²) in [7, 11) is 0. The lowest BCUT2D eigenvalue weighted by atomic mass is 9.94. The highest BCUT2D eigenvalue weighted by Crippen LogP contribution is 2.25. The van der Waals surface area contributed by atoms with Crippen LogP contribution in [-0.2, 0) is 9.53 Å². The van der Waals surface area contributed by atoms with E-state index in [2.05, 4.69) is 29.0 Å². The molecule has 2 amide bonds. The molecule has 0 aromatic carbocycles. The maximum atomic E-state index is 12.6. The quantitative estimate of drug-likeness (QED) is 0.752. The average Bonchev–Trinajstić information content (AvgIpc) is 3.09. The van der Waals surface area contributed by atoms with Crippen molar-refractivity contribution in [3.05, 3.63) is 17.0 Å². The second-order valence-electron chi connectivity index (χ2n) is 8.15. The molecule has 3 unspecified atom stereocenters. The van der Waals surface area contributed by atoms with Gasteiger partial charge in [-0.05, 0) is 64.1 Å². The molecule has 1 aromatic heterocycles. The van der Waals surface area contributed by atoms with E-state index >= 15 is 0 Å². The second kappa shape index (κ2) is 9.35. The Morgan fingerprint density at radius 1 is 1.29 bits per heavy atom. The highest BCUT2D eigenvalue weighted by Gasteiger charge is 2.30. The molecule has 0 bridgehead atoms. The summed E-state index contributed by atoms with van der Waals surface area (Å²) in [6.45, 7) is 11.2.